The SMILES string of the molecule is COc1ccc(OC[C@H](C)NC(=O)[C@@H]2CN(S(C)(=O)=O)c3cc(C)ccc3O2)cc1. The molecule has 3 rings (SSSR count). The van der Waals surface area contributed by atoms with Gasteiger partial charge < -0.3 is 19.5 Å². The van der Waals surface area contributed by atoms with Crippen LogP contribution in [0.15, 0.2) is 42.5 Å². The molecule has 0 aromatic heterocycles. The number of hydrogen-bond donors (Lipinski definition) is 1. The molecular weight excluding hydrogens is 408 g/mol. The number of nitrogens with one attached hydrogen (secondary N) is 1. The molecule has 1 aliphatic heterocycles. The van der Waals surface area contributed by atoms with Crippen LogP contribution in [0.2, 0.25) is 0 Å². The number of rotatable bonds is 7. The molecule has 0 aliphatic carbocycles. The number of anilines is 1. The van der Waals surface area contributed by atoms with Crippen LogP contribution >= 0.6 is 0 Å². The minimum atomic E-state index is -3.56. The van der Waals surface area contributed by atoms with E-state index in [4.69, 9.17) is 14.2 Å². The zero-order chi connectivity index (χ0) is 21.9. The third kappa shape index (κ3) is 5.15. The van der Waals surface area contributed by atoms with Crippen LogP contribution in [0.4, 0.5) is 5.69 Å². The van der Waals surface area contributed by atoms with Crippen molar-refractivity contribution < 1.29 is 27.4 Å². The van der Waals surface area contributed by atoms with E-state index in [1.807, 2.05) is 13.0 Å². The minimum absolute atomic E-state index is 0.0901. The number of benzene rings is 2. The second kappa shape index (κ2) is 8.83. The molecule has 0 bridgehead atoms. The Morgan fingerprint density at radius 1 is 1.23 bits per heavy atom. The summed E-state index contributed by atoms with van der Waals surface area (Å²) in [5.41, 5.74) is 1.34. The summed E-state index contributed by atoms with van der Waals surface area (Å²) in [6.07, 6.45) is 0.156. The zero-order valence-corrected chi connectivity index (χ0v) is 18.2. The lowest BCUT2D eigenvalue weighted by Crippen LogP contribution is -2.52. The van der Waals surface area contributed by atoms with Crippen LogP contribution in [0.3, 0.4) is 0 Å². The summed E-state index contributed by atoms with van der Waals surface area (Å²) in [5.74, 6) is 1.34. The number of nitrogens with zero attached hydrogens (tertiary/aromatic N) is 1. The first-order chi connectivity index (χ1) is 14.2. The molecule has 1 heterocycles. The lowest BCUT2D eigenvalue weighted by molar-refractivity contribution is -0.128. The highest BCUT2D eigenvalue weighted by Gasteiger charge is 2.35. The molecule has 1 aliphatic rings. The fourth-order valence-corrected chi connectivity index (χ4v) is 3.99. The highest BCUT2D eigenvalue weighted by Crippen LogP contribution is 2.35. The van der Waals surface area contributed by atoms with E-state index in [-0.39, 0.29) is 19.2 Å². The summed E-state index contributed by atoms with van der Waals surface area (Å²) in [6, 6.07) is 12.0. The normalized spacial score (nSPS) is 16.8. The Morgan fingerprint density at radius 2 is 1.90 bits per heavy atom. The number of amides is 1. The number of hydrogen-bond acceptors (Lipinski definition) is 6. The van der Waals surface area contributed by atoms with Crippen molar-refractivity contribution in [3.8, 4) is 17.2 Å². The molecule has 0 unspecified atom stereocenters. The second-order valence-electron chi connectivity index (χ2n) is 7.27. The Bertz CT molecular complexity index is 1010. The van der Waals surface area contributed by atoms with Crippen molar-refractivity contribution in [1.29, 1.82) is 0 Å². The summed E-state index contributed by atoms with van der Waals surface area (Å²) in [7, 11) is -1.98. The van der Waals surface area contributed by atoms with E-state index in [2.05, 4.69) is 5.32 Å². The quantitative estimate of drug-likeness (QED) is 0.717. The van der Waals surface area contributed by atoms with Crippen LogP contribution in [-0.2, 0) is 14.8 Å². The molecule has 0 saturated carbocycles. The average molecular weight is 435 g/mol. The molecule has 1 amide bonds. The summed E-state index contributed by atoms with van der Waals surface area (Å²) >= 11 is 0. The van der Waals surface area contributed by atoms with Crippen LogP contribution in [0, 0.1) is 6.92 Å². The number of ether oxygens (including phenoxy) is 3. The van der Waals surface area contributed by atoms with Crippen LogP contribution in [0.25, 0.3) is 0 Å². The molecule has 162 valence electrons. The Balaban J connectivity index is 1.63. The smallest absolute Gasteiger partial charge is 0.263 e. The largest absolute Gasteiger partial charge is 0.497 e. The third-order valence-electron chi connectivity index (χ3n) is 4.62. The maximum atomic E-state index is 12.7. The van der Waals surface area contributed by atoms with Crippen molar-refractivity contribution in [3.63, 3.8) is 0 Å². The van der Waals surface area contributed by atoms with Gasteiger partial charge in [-0.3, -0.25) is 9.10 Å². The molecule has 8 nitrogen and oxygen atoms in total. The van der Waals surface area contributed by atoms with Gasteiger partial charge in [-0.15, -0.1) is 0 Å². The molecule has 0 fully saturated rings. The molecule has 30 heavy (non-hydrogen) atoms. The third-order valence-corrected chi connectivity index (χ3v) is 5.77. The summed E-state index contributed by atoms with van der Waals surface area (Å²) in [6.45, 7) is 3.82. The lowest BCUT2D eigenvalue weighted by atomic mass is 10.1. The molecule has 9 heteroatoms. The maximum Gasteiger partial charge on any atom is 0.263 e. The average Bonchev–Trinajstić information content (AvgIpc) is 2.71. The summed E-state index contributed by atoms with van der Waals surface area (Å²) < 4.78 is 42.3. The van der Waals surface area contributed by atoms with Gasteiger partial charge in [0.15, 0.2) is 6.10 Å². The van der Waals surface area contributed by atoms with Crippen molar-refractivity contribution in [2.75, 3.05) is 30.8 Å². The molecule has 1 N–H and O–H groups in total. The van der Waals surface area contributed by atoms with E-state index >= 15 is 0 Å². The number of carbonyl (C=O) groups is 1. The monoisotopic (exact) mass is 434 g/mol. The number of aryl methyl sites for hydroxylation is 1. The van der Waals surface area contributed by atoms with Crippen LogP contribution in [0.5, 0.6) is 17.2 Å². The fraction of sp³-hybridized carbons (Fsp3) is 0.381. The molecule has 2 atom stereocenters. The van der Waals surface area contributed by atoms with Gasteiger partial charge in [-0.05, 0) is 55.8 Å². The molecular formula is C21H26N2O6S. The first-order valence-corrected chi connectivity index (χ1v) is 11.3. The summed E-state index contributed by atoms with van der Waals surface area (Å²) in [5, 5.41) is 2.82. The van der Waals surface area contributed by atoms with E-state index in [0.717, 1.165) is 17.6 Å². The van der Waals surface area contributed by atoms with E-state index < -0.39 is 22.0 Å². The Morgan fingerprint density at radius 3 is 2.53 bits per heavy atom. The zero-order valence-electron chi connectivity index (χ0n) is 17.4. The van der Waals surface area contributed by atoms with Gasteiger partial charge in [0.1, 0.15) is 23.9 Å². The van der Waals surface area contributed by atoms with Crippen molar-refractivity contribution in [3.05, 3.63) is 48.0 Å². The van der Waals surface area contributed by atoms with E-state index in [1.54, 1.807) is 50.4 Å². The first-order valence-electron chi connectivity index (χ1n) is 9.49. The van der Waals surface area contributed by atoms with E-state index in [1.165, 1.54) is 4.31 Å². The highest BCUT2D eigenvalue weighted by molar-refractivity contribution is 7.92. The number of methoxy groups -OCH3 is 1. The van der Waals surface area contributed by atoms with Gasteiger partial charge in [0.05, 0.1) is 31.6 Å². The number of fused-ring (bicyclic) bond motifs is 1. The topological polar surface area (TPSA) is 94.2 Å². The van der Waals surface area contributed by atoms with E-state index in [0.29, 0.717) is 17.2 Å². The number of sulfonamides is 1. The fourth-order valence-electron chi connectivity index (χ4n) is 3.08. The molecule has 0 radical (unpaired) electrons. The Hall–Kier alpha value is -2.94. The van der Waals surface area contributed by atoms with Crippen LogP contribution < -0.4 is 23.8 Å². The van der Waals surface area contributed by atoms with Gasteiger partial charge in [-0.25, -0.2) is 8.42 Å². The maximum absolute atomic E-state index is 12.7. The number of carbonyl (C=O) groups excluding carboxylic acids is 1. The first kappa shape index (κ1) is 21.8. The van der Waals surface area contributed by atoms with Gasteiger partial charge in [-0.2, -0.15) is 0 Å². The predicted molar refractivity (Wildman–Crippen MR) is 114 cm³/mol. The molecule has 2 aromatic carbocycles. The summed E-state index contributed by atoms with van der Waals surface area (Å²) in [4.78, 5) is 12.7. The van der Waals surface area contributed by atoms with Gasteiger partial charge in [0, 0.05) is 0 Å². The van der Waals surface area contributed by atoms with Gasteiger partial charge in [-0.1, -0.05) is 6.07 Å². The van der Waals surface area contributed by atoms with Crippen LogP contribution in [0.1, 0.15) is 12.5 Å². The van der Waals surface area contributed by atoms with Crippen LogP contribution in [-0.4, -0.2) is 53.0 Å². The van der Waals surface area contributed by atoms with Gasteiger partial charge in [0.25, 0.3) is 5.91 Å². The second-order valence-corrected chi connectivity index (χ2v) is 9.17. The van der Waals surface area contributed by atoms with Crippen molar-refractivity contribution in [1.82, 2.24) is 5.32 Å². The van der Waals surface area contributed by atoms with Gasteiger partial charge in [0.2, 0.25) is 10.0 Å². The molecule has 0 saturated heterocycles. The minimum Gasteiger partial charge on any atom is -0.497 e. The standard InChI is InChI=1S/C21H26N2O6S/c1-14-5-10-19-18(11-14)23(30(4,25)26)12-20(29-19)21(24)22-15(2)13-28-17-8-6-16(27-3)7-9-17/h5-11,15,20H,12-13H2,1-4H3,(H,22,24)/t15-,20-/m0/s1. The Labute approximate surface area is 176 Å². The highest BCUT2D eigenvalue weighted by atomic mass is 32.2. The molecule has 0 spiro atoms. The van der Waals surface area contributed by atoms with Crippen molar-refractivity contribution in [2.24, 2.45) is 0 Å². The lowest BCUT2D eigenvalue weighted by Gasteiger charge is -2.34. The van der Waals surface area contributed by atoms with Gasteiger partial charge >= 0.3 is 0 Å². The van der Waals surface area contributed by atoms with Crippen molar-refractivity contribution in [2.45, 2.75) is 26.0 Å². The Kier molecular flexibility index (Phi) is 6.40. The molecule has 2 aromatic rings. The van der Waals surface area contributed by atoms with E-state index in [9.17, 15) is 13.2 Å². The van der Waals surface area contributed by atoms with Crippen molar-refractivity contribution >= 4 is 21.6 Å². The predicted octanol–water partition coefficient (Wildman–Crippen LogP) is 2.11.